The second-order valence-electron chi connectivity index (χ2n) is 4.46. The van der Waals surface area contributed by atoms with E-state index in [2.05, 4.69) is 27.4 Å². The fraction of sp³-hybridized carbons (Fsp3) is 0.0667. The molecule has 1 unspecified atom stereocenters. The van der Waals surface area contributed by atoms with Crippen LogP contribution in [0.5, 0.6) is 0 Å². The van der Waals surface area contributed by atoms with Crippen LogP contribution in [-0.4, -0.2) is 0 Å². The van der Waals surface area contributed by atoms with Crippen LogP contribution in [0.1, 0.15) is 17.2 Å². The molecule has 3 aromatic rings. The van der Waals surface area contributed by atoms with E-state index >= 15 is 0 Å². The zero-order valence-electron chi connectivity index (χ0n) is 10.2. The Morgan fingerprint density at radius 3 is 2.65 bits per heavy atom. The molecule has 0 radical (unpaired) electrons. The van der Waals surface area contributed by atoms with Crippen molar-refractivity contribution in [2.24, 2.45) is 5.73 Å². The predicted octanol–water partition coefficient (Wildman–Crippen LogP) is 6.02. The molecular formula is C15H10BrCl2NS. The van der Waals surface area contributed by atoms with Crippen molar-refractivity contribution in [2.45, 2.75) is 6.04 Å². The second-order valence-corrected chi connectivity index (χ2v) is 7.01. The predicted molar refractivity (Wildman–Crippen MR) is 92.0 cm³/mol. The minimum Gasteiger partial charge on any atom is -0.320 e. The van der Waals surface area contributed by atoms with Crippen LogP contribution in [0.15, 0.2) is 46.3 Å². The minimum absolute atomic E-state index is 0.215. The van der Waals surface area contributed by atoms with Gasteiger partial charge in [0.05, 0.1) is 16.1 Å². The molecule has 1 nitrogen and oxygen atoms in total. The highest BCUT2D eigenvalue weighted by Gasteiger charge is 2.15. The fourth-order valence-electron chi connectivity index (χ4n) is 2.17. The average Bonchev–Trinajstić information content (AvgIpc) is 2.86. The lowest BCUT2D eigenvalue weighted by molar-refractivity contribution is 0.885. The Hall–Kier alpha value is -0.580. The topological polar surface area (TPSA) is 26.0 Å². The van der Waals surface area contributed by atoms with Gasteiger partial charge in [-0.25, -0.2) is 0 Å². The molecule has 2 N–H and O–H groups in total. The maximum atomic E-state index is 6.39. The monoisotopic (exact) mass is 385 g/mol. The summed E-state index contributed by atoms with van der Waals surface area (Å²) in [6.07, 6.45) is 0. The summed E-state index contributed by atoms with van der Waals surface area (Å²) in [4.78, 5) is 0. The Morgan fingerprint density at radius 2 is 1.90 bits per heavy atom. The van der Waals surface area contributed by atoms with Gasteiger partial charge < -0.3 is 5.73 Å². The molecule has 0 saturated heterocycles. The Morgan fingerprint density at radius 1 is 1.10 bits per heavy atom. The summed E-state index contributed by atoms with van der Waals surface area (Å²) in [7, 11) is 0. The molecule has 5 heteroatoms. The molecule has 102 valence electrons. The van der Waals surface area contributed by atoms with E-state index in [-0.39, 0.29) is 6.04 Å². The van der Waals surface area contributed by atoms with Crippen molar-refractivity contribution in [1.29, 1.82) is 0 Å². The van der Waals surface area contributed by atoms with Crippen molar-refractivity contribution >= 4 is 60.6 Å². The molecule has 1 aromatic heterocycles. The van der Waals surface area contributed by atoms with Gasteiger partial charge in [-0.15, -0.1) is 11.3 Å². The molecule has 20 heavy (non-hydrogen) atoms. The van der Waals surface area contributed by atoms with Gasteiger partial charge in [0.25, 0.3) is 0 Å². The van der Waals surface area contributed by atoms with Crippen molar-refractivity contribution in [2.75, 3.05) is 0 Å². The molecular weight excluding hydrogens is 377 g/mol. The maximum Gasteiger partial charge on any atom is 0.0595 e. The third-order valence-electron chi connectivity index (χ3n) is 3.22. The van der Waals surface area contributed by atoms with Crippen molar-refractivity contribution in [3.05, 3.63) is 67.4 Å². The molecule has 0 amide bonds. The first kappa shape index (κ1) is 14.4. The number of halogens is 3. The van der Waals surface area contributed by atoms with Crippen LogP contribution >= 0.6 is 50.5 Å². The zero-order chi connectivity index (χ0) is 14.3. The van der Waals surface area contributed by atoms with Gasteiger partial charge in [-0.2, -0.15) is 0 Å². The summed E-state index contributed by atoms with van der Waals surface area (Å²) in [5.74, 6) is 0. The molecule has 3 rings (SSSR count). The van der Waals surface area contributed by atoms with Gasteiger partial charge in [-0.1, -0.05) is 41.4 Å². The average molecular weight is 387 g/mol. The van der Waals surface area contributed by atoms with Crippen molar-refractivity contribution in [1.82, 2.24) is 0 Å². The molecule has 0 aliphatic rings. The van der Waals surface area contributed by atoms with E-state index in [1.165, 1.54) is 10.1 Å². The molecule has 2 aromatic carbocycles. The quantitative estimate of drug-likeness (QED) is 0.572. The molecule has 0 aliphatic carbocycles. The number of fused-ring (bicyclic) bond motifs is 1. The Labute approximate surface area is 139 Å². The van der Waals surface area contributed by atoms with Gasteiger partial charge in [0.15, 0.2) is 0 Å². The van der Waals surface area contributed by atoms with Crippen LogP contribution in [0.25, 0.3) is 10.1 Å². The van der Waals surface area contributed by atoms with E-state index in [9.17, 15) is 0 Å². The lowest BCUT2D eigenvalue weighted by Gasteiger charge is -2.12. The van der Waals surface area contributed by atoms with E-state index in [4.69, 9.17) is 28.9 Å². The van der Waals surface area contributed by atoms with Gasteiger partial charge in [-0.05, 0) is 56.0 Å². The molecule has 1 atom stereocenters. The van der Waals surface area contributed by atoms with E-state index in [1.807, 2.05) is 24.3 Å². The van der Waals surface area contributed by atoms with E-state index in [0.717, 1.165) is 15.6 Å². The first-order valence-electron chi connectivity index (χ1n) is 5.94. The summed E-state index contributed by atoms with van der Waals surface area (Å²) in [5, 5.41) is 4.34. The van der Waals surface area contributed by atoms with Gasteiger partial charge in [0, 0.05) is 9.17 Å². The number of nitrogens with two attached hydrogens (primary N) is 1. The highest BCUT2D eigenvalue weighted by molar-refractivity contribution is 9.10. The molecule has 0 saturated carbocycles. The third-order valence-corrected chi connectivity index (χ3v) is 5.93. The Balaban J connectivity index is 2.10. The van der Waals surface area contributed by atoms with Crippen LogP contribution in [0.4, 0.5) is 0 Å². The van der Waals surface area contributed by atoms with Gasteiger partial charge >= 0.3 is 0 Å². The Kier molecular flexibility index (Phi) is 4.07. The number of hydrogen-bond donors (Lipinski definition) is 1. The van der Waals surface area contributed by atoms with Crippen LogP contribution in [0.2, 0.25) is 10.0 Å². The van der Waals surface area contributed by atoms with E-state index < -0.39 is 0 Å². The van der Waals surface area contributed by atoms with Crippen LogP contribution in [0.3, 0.4) is 0 Å². The lowest BCUT2D eigenvalue weighted by Crippen LogP contribution is -2.11. The standard InChI is InChI=1S/C15H10BrCl2NS/c16-11-3-1-2-9-10(7-20-15(9)11)14(19)8-4-5-12(17)13(18)6-8/h1-7,14H,19H2. The largest absolute Gasteiger partial charge is 0.320 e. The summed E-state index contributed by atoms with van der Waals surface area (Å²) in [6, 6.07) is 11.5. The fourth-order valence-corrected chi connectivity index (χ4v) is 4.13. The van der Waals surface area contributed by atoms with Crippen molar-refractivity contribution in [3.8, 4) is 0 Å². The summed E-state index contributed by atoms with van der Waals surface area (Å²) in [6.45, 7) is 0. The SMILES string of the molecule is NC(c1ccc(Cl)c(Cl)c1)c1csc2c(Br)cccc12. The molecule has 0 bridgehead atoms. The first-order chi connectivity index (χ1) is 9.58. The zero-order valence-corrected chi connectivity index (χ0v) is 14.2. The van der Waals surface area contributed by atoms with E-state index in [1.54, 1.807) is 17.4 Å². The maximum absolute atomic E-state index is 6.39. The highest BCUT2D eigenvalue weighted by Crippen LogP contribution is 2.37. The first-order valence-corrected chi connectivity index (χ1v) is 8.37. The minimum atomic E-state index is -0.215. The highest BCUT2D eigenvalue weighted by atomic mass is 79.9. The number of thiophene rings is 1. The molecule has 1 heterocycles. The molecule has 0 aliphatic heterocycles. The summed E-state index contributed by atoms with van der Waals surface area (Å²) in [5.41, 5.74) is 8.44. The second kappa shape index (κ2) is 5.66. The number of rotatable bonds is 2. The smallest absolute Gasteiger partial charge is 0.0595 e. The summed E-state index contributed by atoms with van der Waals surface area (Å²) >= 11 is 17.3. The van der Waals surface area contributed by atoms with Crippen molar-refractivity contribution < 1.29 is 0 Å². The van der Waals surface area contributed by atoms with Crippen molar-refractivity contribution in [3.63, 3.8) is 0 Å². The lowest BCUT2D eigenvalue weighted by atomic mass is 9.99. The van der Waals surface area contributed by atoms with Gasteiger partial charge in [0.1, 0.15) is 0 Å². The van der Waals surface area contributed by atoms with Crippen LogP contribution in [-0.2, 0) is 0 Å². The van der Waals surface area contributed by atoms with E-state index in [0.29, 0.717) is 10.0 Å². The normalized spacial score (nSPS) is 12.8. The van der Waals surface area contributed by atoms with Crippen LogP contribution < -0.4 is 5.73 Å². The van der Waals surface area contributed by atoms with Crippen LogP contribution in [0, 0.1) is 0 Å². The summed E-state index contributed by atoms with van der Waals surface area (Å²) < 4.78 is 2.30. The molecule has 0 spiro atoms. The Bertz CT molecular complexity index is 785. The molecule has 0 fully saturated rings. The van der Waals surface area contributed by atoms with Gasteiger partial charge in [-0.3, -0.25) is 0 Å². The third kappa shape index (κ3) is 2.49. The van der Waals surface area contributed by atoms with Gasteiger partial charge in [0.2, 0.25) is 0 Å². The number of benzene rings is 2. The number of hydrogen-bond acceptors (Lipinski definition) is 2.